The molecule has 1 heterocycles. The second-order valence-corrected chi connectivity index (χ2v) is 5.47. The second kappa shape index (κ2) is 5.21. The first-order valence-electron chi connectivity index (χ1n) is 6.04. The summed E-state index contributed by atoms with van der Waals surface area (Å²) in [6, 6.07) is 7.46. The molecule has 2 rings (SSSR count). The lowest BCUT2D eigenvalue weighted by Gasteiger charge is -2.23. The number of hydrogen-bond donors (Lipinski definition) is 1. The zero-order valence-electron chi connectivity index (χ0n) is 11.2. The lowest BCUT2D eigenvalue weighted by molar-refractivity contribution is 0.0903. The van der Waals surface area contributed by atoms with Gasteiger partial charge in [-0.15, -0.1) is 0 Å². The summed E-state index contributed by atoms with van der Waals surface area (Å²) in [4.78, 5) is 16.6. The highest BCUT2D eigenvalue weighted by Gasteiger charge is 2.32. The molecule has 1 aromatic carbocycles. The van der Waals surface area contributed by atoms with E-state index in [1.165, 1.54) is 18.3 Å². The van der Waals surface area contributed by atoms with Gasteiger partial charge in [-0.3, -0.25) is 9.78 Å². The number of benzene rings is 1. The lowest BCUT2D eigenvalue weighted by Crippen LogP contribution is -2.30. The molecule has 0 fully saturated rings. The summed E-state index contributed by atoms with van der Waals surface area (Å²) in [6.07, 6.45) is 1.43. The Morgan fingerprint density at radius 1 is 1.30 bits per heavy atom. The maximum absolute atomic E-state index is 13.2. The fraction of sp³-hybridized carbons (Fsp3) is 0.200. The molecule has 0 aliphatic carbocycles. The third kappa shape index (κ3) is 2.65. The SMILES string of the molecule is CC(C)(C(=O)c1ccc(N)cn1)c1ccc(F)c(Cl)c1. The largest absolute Gasteiger partial charge is 0.397 e. The number of ketones is 1. The van der Waals surface area contributed by atoms with Gasteiger partial charge in [0.25, 0.3) is 0 Å². The number of nitrogen functional groups attached to an aromatic ring is 1. The average Bonchev–Trinajstić information content (AvgIpc) is 2.41. The topological polar surface area (TPSA) is 56.0 Å². The molecule has 20 heavy (non-hydrogen) atoms. The number of anilines is 1. The van der Waals surface area contributed by atoms with E-state index in [1.54, 1.807) is 32.0 Å². The summed E-state index contributed by atoms with van der Waals surface area (Å²) >= 11 is 5.77. The molecule has 0 amide bonds. The van der Waals surface area contributed by atoms with Crippen molar-refractivity contribution in [3.8, 4) is 0 Å². The molecule has 1 aromatic heterocycles. The molecule has 2 N–H and O–H groups in total. The highest BCUT2D eigenvalue weighted by molar-refractivity contribution is 6.30. The van der Waals surface area contributed by atoms with Crippen molar-refractivity contribution in [3.63, 3.8) is 0 Å². The van der Waals surface area contributed by atoms with Gasteiger partial charge in [-0.1, -0.05) is 17.7 Å². The Morgan fingerprint density at radius 2 is 2.00 bits per heavy atom. The Bertz CT molecular complexity index is 653. The summed E-state index contributed by atoms with van der Waals surface area (Å²) < 4.78 is 13.2. The highest BCUT2D eigenvalue weighted by atomic mass is 35.5. The smallest absolute Gasteiger partial charge is 0.191 e. The minimum atomic E-state index is -0.861. The Morgan fingerprint density at radius 3 is 2.55 bits per heavy atom. The van der Waals surface area contributed by atoms with Gasteiger partial charge in [0, 0.05) is 0 Å². The number of Topliss-reactive ketones (excluding diaryl/α,β-unsaturated/α-hetero) is 1. The van der Waals surface area contributed by atoms with E-state index in [1.807, 2.05) is 0 Å². The predicted octanol–water partition coefficient (Wildman–Crippen LogP) is 3.62. The van der Waals surface area contributed by atoms with Gasteiger partial charge in [-0.25, -0.2) is 4.39 Å². The number of carbonyl (C=O) groups excluding carboxylic acids is 1. The van der Waals surface area contributed by atoms with Crippen molar-refractivity contribution < 1.29 is 9.18 Å². The van der Waals surface area contributed by atoms with E-state index < -0.39 is 11.2 Å². The number of nitrogens with zero attached hydrogens (tertiary/aromatic N) is 1. The van der Waals surface area contributed by atoms with E-state index in [4.69, 9.17) is 17.3 Å². The third-order valence-electron chi connectivity index (χ3n) is 3.23. The van der Waals surface area contributed by atoms with Crippen LogP contribution in [-0.4, -0.2) is 10.8 Å². The number of pyridine rings is 1. The van der Waals surface area contributed by atoms with Gasteiger partial charge in [0.15, 0.2) is 5.78 Å². The van der Waals surface area contributed by atoms with E-state index in [2.05, 4.69) is 4.98 Å². The van der Waals surface area contributed by atoms with Gasteiger partial charge >= 0.3 is 0 Å². The third-order valence-corrected chi connectivity index (χ3v) is 3.52. The molecule has 0 aliphatic heterocycles. The Hall–Kier alpha value is -1.94. The van der Waals surface area contributed by atoms with E-state index in [9.17, 15) is 9.18 Å². The average molecular weight is 293 g/mol. The van der Waals surface area contributed by atoms with Crippen LogP contribution in [0.3, 0.4) is 0 Å². The monoisotopic (exact) mass is 292 g/mol. The van der Waals surface area contributed by atoms with Crippen LogP contribution in [0, 0.1) is 5.82 Å². The Kier molecular flexibility index (Phi) is 3.77. The Labute approximate surface area is 121 Å². The van der Waals surface area contributed by atoms with E-state index in [0.717, 1.165) is 0 Å². The number of hydrogen-bond acceptors (Lipinski definition) is 3. The van der Waals surface area contributed by atoms with E-state index in [0.29, 0.717) is 16.9 Å². The minimum Gasteiger partial charge on any atom is -0.397 e. The molecule has 3 nitrogen and oxygen atoms in total. The first-order chi connectivity index (χ1) is 9.32. The van der Waals surface area contributed by atoms with Gasteiger partial charge in [-0.05, 0) is 43.7 Å². The van der Waals surface area contributed by atoms with Crippen molar-refractivity contribution in [1.29, 1.82) is 0 Å². The van der Waals surface area contributed by atoms with Crippen LogP contribution in [0.5, 0.6) is 0 Å². The number of nitrogens with two attached hydrogens (primary N) is 1. The molecule has 0 spiro atoms. The van der Waals surface area contributed by atoms with Gasteiger partial charge in [-0.2, -0.15) is 0 Å². The van der Waals surface area contributed by atoms with Crippen LogP contribution >= 0.6 is 11.6 Å². The first kappa shape index (κ1) is 14.5. The van der Waals surface area contributed by atoms with Crippen molar-refractivity contribution in [3.05, 3.63) is 58.6 Å². The molecule has 2 aromatic rings. The molecule has 5 heteroatoms. The quantitative estimate of drug-likeness (QED) is 0.879. The van der Waals surface area contributed by atoms with Gasteiger partial charge < -0.3 is 5.73 Å². The molecule has 104 valence electrons. The number of halogens is 2. The second-order valence-electron chi connectivity index (χ2n) is 5.06. The van der Waals surface area contributed by atoms with Crippen LogP contribution in [0.2, 0.25) is 5.02 Å². The van der Waals surface area contributed by atoms with Crippen LogP contribution in [0.15, 0.2) is 36.5 Å². The van der Waals surface area contributed by atoms with Crippen LogP contribution < -0.4 is 5.73 Å². The first-order valence-corrected chi connectivity index (χ1v) is 6.42. The molecule has 0 saturated heterocycles. The molecule has 0 atom stereocenters. The van der Waals surface area contributed by atoms with Gasteiger partial charge in [0.1, 0.15) is 11.5 Å². The molecular formula is C15H14ClFN2O. The molecule has 0 unspecified atom stereocenters. The maximum atomic E-state index is 13.2. The van der Waals surface area contributed by atoms with Crippen molar-refractivity contribution >= 4 is 23.1 Å². The fourth-order valence-electron chi connectivity index (χ4n) is 1.88. The van der Waals surface area contributed by atoms with Crippen LogP contribution in [0.4, 0.5) is 10.1 Å². The molecule has 0 bridgehead atoms. The zero-order chi connectivity index (χ0) is 14.9. The summed E-state index contributed by atoms with van der Waals surface area (Å²) in [6.45, 7) is 3.49. The van der Waals surface area contributed by atoms with Gasteiger partial charge in [0.05, 0.1) is 22.3 Å². The molecule has 0 radical (unpaired) electrons. The Balaban J connectivity index is 2.40. The van der Waals surface area contributed by atoms with Gasteiger partial charge in [0.2, 0.25) is 0 Å². The van der Waals surface area contributed by atoms with Crippen molar-refractivity contribution in [2.45, 2.75) is 19.3 Å². The van der Waals surface area contributed by atoms with Crippen molar-refractivity contribution in [1.82, 2.24) is 4.98 Å². The van der Waals surface area contributed by atoms with Crippen molar-refractivity contribution in [2.24, 2.45) is 0 Å². The summed E-state index contributed by atoms with van der Waals surface area (Å²) in [5, 5.41) is -0.00589. The summed E-state index contributed by atoms with van der Waals surface area (Å²) in [5.41, 5.74) is 6.12. The zero-order valence-corrected chi connectivity index (χ0v) is 11.9. The van der Waals surface area contributed by atoms with Crippen molar-refractivity contribution in [2.75, 3.05) is 5.73 Å². The van der Waals surface area contributed by atoms with E-state index in [-0.39, 0.29) is 10.8 Å². The molecular weight excluding hydrogens is 279 g/mol. The summed E-state index contributed by atoms with van der Waals surface area (Å²) in [7, 11) is 0. The standard InChI is InChI=1S/C15H14ClFN2O/c1-15(2,9-3-5-12(17)11(16)7-9)14(20)13-6-4-10(18)8-19-13/h3-8H,18H2,1-2H3. The number of carbonyl (C=O) groups is 1. The predicted molar refractivity (Wildman–Crippen MR) is 77.4 cm³/mol. The highest BCUT2D eigenvalue weighted by Crippen LogP contribution is 2.30. The fourth-order valence-corrected chi connectivity index (χ4v) is 2.06. The van der Waals surface area contributed by atoms with Crippen LogP contribution in [0.25, 0.3) is 0 Å². The molecule has 0 aliphatic rings. The van der Waals surface area contributed by atoms with Crippen LogP contribution in [-0.2, 0) is 5.41 Å². The number of rotatable bonds is 3. The lowest BCUT2D eigenvalue weighted by atomic mass is 9.79. The molecule has 0 saturated carbocycles. The minimum absolute atomic E-state index is 0.00589. The van der Waals surface area contributed by atoms with Crippen LogP contribution in [0.1, 0.15) is 29.9 Å². The summed E-state index contributed by atoms with van der Waals surface area (Å²) in [5.74, 6) is -0.690. The number of aromatic nitrogens is 1. The van der Waals surface area contributed by atoms with E-state index >= 15 is 0 Å². The normalized spacial score (nSPS) is 11.4. The maximum Gasteiger partial charge on any atom is 0.191 e.